The Morgan fingerprint density at radius 1 is 1.35 bits per heavy atom. The van der Waals surface area contributed by atoms with Crippen molar-refractivity contribution in [1.82, 2.24) is 0 Å². The van der Waals surface area contributed by atoms with Crippen molar-refractivity contribution in [3.63, 3.8) is 0 Å². The molecule has 0 aromatic heterocycles. The van der Waals surface area contributed by atoms with Crippen LogP contribution in [0.3, 0.4) is 0 Å². The molecule has 0 heterocycles. The van der Waals surface area contributed by atoms with E-state index in [2.05, 4.69) is 26.8 Å². The summed E-state index contributed by atoms with van der Waals surface area (Å²) in [4.78, 5) is 0. The number of benzene rings is 1. The van der Waals surface area contributed by atoms with Gasteiger partial charge in [-0.25, -0.2) is 0 Å². The Morgan fingerprint density at radius 3 is 2.65 bits per heavy atom. The van der Waals surface area contributed by atoms with Crippen LogP contribution in [-0.4, -0.2) is 6.10 Å². The highest BCUT2D eigenvalue weighted by atomic mass is 16.5. The fraction of sp³-hybridized carbons (Fsp3) is 0.500. The van der Waals surface area contributed by atoms with Gasteiger partial charge in [-0.05, 0) is 43.0 Å². The molecule has 3 heteroatoms. The molecule has 1 aromatic carbocycles. The van der Waals surface area contributed by atoms with Crippen LogP contribution in [0.15, 0.2) is 18.2 Å². The molecule has 92 valence electrons. The fourth-order valence-corrected chi connectivity index (χ4v) is 1.84. The summed E-state index contributed by atoms with van der Waals surface area (Å²) in [6.07, 6.45) is 1.51. The first-order valence-electron chi connectivity index (χ1n) is 5.95. The Labute approximate surface area is 103 Å². The van der Waals surface area contributed by atoms with Gasteiger partial charge < -0.3 is 10.5 Å². The first kappa shape index (κ1) is 13.4. The third kappa shape index (κ3) is 4.36. The summed E-state index contributed by atoms with van der Waals surface area (Å²) < 4.78 is 5.80. The van der Waals surface area contributed by atoms with E-state index in [4.69, 9.17) is 15.7 Å². The zero-order valence-electron chi connectivity index (χ0n) is 10.7. The van der Waals surface area contributed by atoms with Crippen LogP contribution < -0.4 is 10.5 Å². The predicted molar refractivity (Wildman–Crippen MR) is 69.7 cm³/mol. The van der Waals surface area contributed by atoms with E-state index >= 15 is 0 Å². The molecule has 2 N–H and O–H groups in total. The molecule has 17 heavy (non-hydrogen) atoms. The summed E-state index contributed by atoms with van der Waals surface area (Å²) >= 11 is 0. The number of ether oxygens (including phenoxy) is 1. The van der Waals surface area contributed by atoms with Gasteiger partial charge in [-0.15, -0.1) is 0 Å². The van der Waals surface area contributed by atoms with E-state index in [1.807, 2.05) is 12.1 Å². The van der Waals surface area contributed by atoms with E-state index < -0.39 is 0 Å². The van der Waals surface area contributed by atoms with Gasteiger partial charge in [0.25, 0.3) is 0 Å². The third-order valence-corrected chi connectivity index (χ3v) is 2.52. The lowest BCUT2D eigenvalue weighted by Gasteiger charge is -2.17. The van der Waals surface area contributed by atoms with E-state index in [9.17, 15) is 0 Å². The lowest BCUT2D eigenvalue weighted by Crippen LogP contribution is -2.14. The Balaban J connectivity index is 2.72. The molecule has 1 atom stereocenters. The highest BCUT2D eigenvalue weighted by molar-refractivity contribution is 5.51. The molecule has 0 amide bonds. The molecule has 0 spiro atoms. The van der Waals surface area contributed by atoms with Crippen molar-refractivity contribution in [1.29, 1.82) is 5.26 Å². The van der Waals surface area contributed by atoms with Gasteiger partial charge in [-0.3, -0.25) is 0 Å². The highest BCUT2D eigenvalue weighted by Gasteiger charge is 2.08. The van der Waals surface area contributed by atoms with Gasteiger partial charge in [-0.1, -0.05) is 13.8 Å². The lowest BCUT2D eigenvalue weighted by atomic mass is 10.1. The highest BCUT2D eigenvalue weighted by Crippen LogP contribution is 2.22. The summed E-state index contributed by atoms with van der Waals surface area (Å²) in [6.45, 7) is 6.40. The molecule has 1 aromatic rings. The van der Waals surface area contributed by atoms with Gasteiger partial charge in [0.05, 0.1) is 18.6 Å². The molecule has 3 nitrogen and oxygen atoms in total. The maximum absolute atomic E-state index is 8.69. The number of hydrogen-bond acceptors (Lipinski definition) is 3. The van der Waals surface area contributed by atoms with Crippen molar-refractivity contribution < 1.29 is 4.74 Å². The van der Waals surface area contributed by atoms with E-state index in [1.165, 1.54) is 0 Å². The second kappa shape index (κ2) is 6.15. The molecular formula is C14H20N2O. The monoisotopic (exact) mass is 232 g/mol. The van der Waals surface area contributed by atoms with Gasteiger partial charge in [-0.2, -0.15) is 5.26 Å². The molecule has 0 radical (unpaired) electrons. The Kier molecular flexibility index (Phi) is 4.84. The van der Waals surface area contributed by atoms with Crippen LogP contribution in [0, 0.1) is 17.2 Å². The first-order chi connectivity index (χ1) is 8.02. The average molecular weight is 232 g/mol. The standard InChI is InChI=1S/C14H20N2O/c1-10(2)8-11(3)17-13-4-5-14(16)12(9-13)6-7-15/h4-5,9-11H,6,8,16H2,1-3H3. The molecule has 0 bridgehead atoms. The van der Waals surface area contributed by atoms with Gasteiger partial charge in [0.15, 0.2) is 0 Å². The predicted octanol–water partition coefficient (Wildman–Crippen LogP) is 3.15. The summed E-state index contributed by atoms with van der Waals surface area (Å²) in [5.74, 6) is 1.40. The molecule has 0 saturated carbocycles. The quantitative estimate of drug-likeness (QED) is 0.793. The number of hydrogen-bond donors (Lipinski definition) is 1. The van der Waals surface area contributed by atoms with Crippen LogP contribution in [0.5, 0.6) is 5.75 Å². The normalized spacial score (nSPS) is 12.2. The van der Waals surface area contributed by atoms with Crippen molar-refractivity contribution in [2.45, 2.75) is 39.7 Å². The SMILES string of the molecule is CC(C)CC(C)Oc1ccc(N)c(CC#N)c1. The van der Waals surface area contributed by atoms with Crippen LogP contribution in [0.4, 0.5) is 5.69 Å². The summed E-state index contributed by atoms with van der Waals surface area (Å²) in [5, 5.41) is 8.69. The van der Waals surface area contributed by atoms with E-state index in [0.717, 1.165) is 17.7 Å². The van der Waals surface area contributed by atoms with E-state index in [-0.39, 0.29) is 6.10 Å². The molecule has 0 fully saturated rings. The number of nitrogens with zero attached hydrogens (tertiary/aromatic N) is 1. The van der Waals surface area contributed by atoms with Crippen molar-refractivity contribution in [2.75, 3.05) is 5.73 Å². The van der Waals surface area contributed by atoms with Crippen molar-refractivity contribution in [3.8, 4) is 11.8 Å². The van der Waals surface area contributed by atoms with Crippen LogP contribution in [0.1, 0.15) is 32.8 Å². The van der Waals surface area contributed by atoms with E-state index in [1.54, 1.807) is 6.07 Å². The minimum absolute atomic E-state index is 0.175. The minimum Gasteiger partial charge on any atom is -0.491 e. The Bertz CT molecular complexity index is 407. The third-order valence-electron chi connectivity index (χ3n) is 2.52. The van der Waals surface area contributed by atoms with Gasteiger partial charge in [0.1, 0.15) is 5.75 Å². The molecule has 1 rings (SSSR count). The zero-order valence-corrected chi connectivity index (χ0v) is 10.7. The largest absolute Gasteiger partial charge is 0.491 e. The molecule has 1 unspecified atom stereocenters. The van der Waals surface area contributed by atoms with Gasteiger partial charge in [0, 0.05) is 5.69 Å². The Morgan fingerprint density at radius 2 is 2.06 bits per heavy atom. The number of rotatable bonds is 5. The second-order valence-electron chi connectivity index (χ2n) is 4.75. The topological polar surface area (TPSA) is 59.0 Å². The van der Waals surface area contributed by atoms with Crippen molar-refractivity contribution >= 4 is 5.69 Å². The lowest BCUT2D eigenvalue weighted by molar-refractivity contribution is 0.193. The van der Waals surface area contributed by atoms with Gasteiger partial charge >= 0.3 is 0 Å². The van der Waals surface area contributed by atoms with Crippen LogP contribution >= 0.6 is 0 Å². The first-order valence-corrected chi connectivity index (χ1v) is 5.95. The van der Waals surface area contributed by atoms with E-state index in [0.29, 0.717) is 18.0 Å². The molecule has 0 saturated heterocycles. The molecule has 0 aliphatic heterocycles. The molecule has 0 aliphatic carbocycles. The minimum atomic E-state index is 0.175. The molecule has 0 aliphatic rings. The average Bonchev–Trinajstić information content (AvgIpc) is 2.22. The summed E-state index contributed by atoms with van der Waals surface area (Å²) in [6, 6.07) is 7.61. The maximum Gasteiger partial charge on any atom is 0.120 e. The summed E-state index contributed by atoms with van der Waals surface area (Å²) in [5.41, 5.74) is 7.26. The maximum atomic E-state index is 8.69. The van der Waals surface area contributed by atoms with Crippen molar-refractivity contribution in [2.24, 2.45) is 5.92 Å². The Hall–Kier alpha value is -1.69. The van der Waals surface area contributed by atoms with Crippen molar-refractivity contribution in [3.05, 3.63) is 23.8 Å². The van der Waals surface area contributed by atoms with Crippen LogP contribution in [0.25, 0.3) is 0 Å². The number of nitriles is 1. The smallest absolute Gasteiger partial charge is 0.120 e. The fourth-order valence-electron chi connectivity index (χ4n) is 1.84. The second-order valence-corrected chi connectivity index (χ2v) is 4.75. The molecular weight excluding hydrogens is 212 g/mol. The number of nitrogen functional groups attached to an aromatic ring is 1. The summed E-state index contributed by atoms with van der Waals surface area (Å²) in [7, 11) is 0. The van der Waals surface area contributed by atoms with Crippen LogP contribution in [-0.2, 0) is 6.42 Å². The number of nitrogens with two attached hydrogens (primary N) is 1. The van der Waals surface area contributed by atoms with Crippen LogP contribution in [0.2, 0.25) is 0 Å². The van der Waals surface area contributed by atoms with Gasteiger partial charge in [0.2, 0.25) is 0 Å². The zero-order chi connectivity index (χ0) is 12.8. The number of anilines is 1.